The highest BCUT2D eigenvalue weighted by Crippen LogP contribution is 2.01. The number of guanidine groups is 1. The predicted molar refractivity (Wildman–Crippen MR) is 73.3 cm³/mol. The quantitative estimate of drug-likeness (QED) is 0.449. The molecule has 0 bridgehead atoms. The van der Waals surface area contributed by atoms with Crippen molar-refractivity contribution in [2.24, 2.45) is 18.0 Å². The first-order chi connectivity index (χ1) is 8.63. The van der Waals surface area contributed by atoms with E-state index in [0.717, 1.165) is 30.7 Å². The van der Waals surface area contributed by atoms with Crippen molar-refractivity contribution in [1.82, 2.24) is 25.4 Å². The molecule has 102 valence electrons. The molecule has 1 aromatic heterocycles. The molecule has 18 heavy (non-hydrogen) atoms. The molecule has 2 N–H and O–H groups in total. The zero-order valence-corrected chi connectivity index (χ0v) is 11.8. The van der Waals surface area contributed by atoms with Crippen LogP contribution in [-0.4, -0.2) is 34.3 Å². The highest BCUT2D eigenvalue weighted by molar-refractivity contribution is 5.79. The molecule has 0 fully saturated rings. The third kappa shape index (κ3) is 5.16. The molecule has 0 spiro atoms. The van der Waals surface area contributed by atoms with E-state index in [1.807, 2.05) is 7.05 Å². The fraction of sp³-hybridized carbons (Fsp3) is 0.750. The van der Waals surface area contributed by atoms with Crippen molar-refractivity contribution in [2.75, 3.05) is 13.6 Å². The first-order valence-electron chi connectivity index (χ1n) is 6.41. The van der Waals surface area contributed by atoms with Crippen molar-refractivity contribution in [3.05, 3.63) is 12.2 Å². The van der Waals surface area contributed by atoms with Gasteiger partial charge in [0.15, 0.2) is 5.96 Å². The van der Waals surface area contributed by atoms with Gasteiger partial charge in [-0.05, 0) is 18.8 Å². The van der Waals surface area contributed by atoms with Crippen LogP contribution >= 0.6 is 0 Å². The van der Waals surface area contributed by atoms with Crippen molar-refractivity contribution >= 4 is 5.96 Å². The number of aromatic nitrogens is 3. The molecule has 0 saturated carbocycles. The van der Waals surface area contributed by atoms with Crippen molar-refractivity contribution in [3.63, 3.8) is 0 Å². The molecule has 1 rings (SSSR count). The largest absolute Gasteiger partial charge is 0.356 e. The lowest BCUT2D eigenvalue weighted by molar-refractivity contribution is 0.548. The molecule has 0 atom stereocenters. The summed E-state index contributed by atoms with van der Waals surface area (Å²) >= 11 is 0. The minimum absolute atomic E-state index is 0.625. The summed E-state index contributed by atoms with van der Waals surface area (Å²) in [5.74, 6) is 2.45. The summed E-state index contributed by atoms with van der Waals surface area (Å²) in [6, 6.07) is 0. The average Bonchev–Trinajstić information content (AvgIpc) is 2.74. The van der Waals surface area contributed by atoms with Crippen molar-refractivity contribution in [2.45, 2.75) is 33.2 Å². The molecule has 6 heteroatoms. The van der Waals surface area contributed by atoms with Crippen LogP contribution in [0.15, 0.2) is 11.3 Å². The fourth-order valence-electron chi connectivity index (χ4n) is 1.58. The van der Waals surface area contributed by atoms with Crippen LogP contribution < -0.4 is 10.6 Å². The van der Waals surface area contributed by atoms with Crippen LogP contribution in [0, 0.1) is 5.92 Å². The molecule has 0 aliphatic carbocycles. The molecule has 6 nitrogen and oxygen atoms in total. The van der Waals surface area contributed by atoms with Crippen LogP contribution in [0.1, 0.15) is 32.5 Å². The van der Waals surface area contributed by atoms with E-state index in [9.17, 15) is 0 Å². The van der Waals surface area contributed by atoms with Gasteiger partial charge in [0.25, 0.3) is 0 Å². The number of aryl methyl sites for hydroxylation is 1. The molecule has 1 heterocycles. The number of hydrogen-bond acceptors (Lipinski definition) is 3. The molecular weight excluding hydrogens is 228 g/mol. The molecule has 0 aromatic carbocycles. The molecule has 0 aliphatic rings. The maximum atomic E-state index is 4.17. The van der Waals surface area contributed by atoms with Gasteiger partial charge in [-0.2, -0.15) is 5.10 Å². The standard InChI is InChI=1S/C12H24N6/c1-10(2)6-5-7-14-12(13-3)15-8-11-16-9-17-18(11)4/h9-10H,5-8H2,1-4H3,(H2,13,14,15). The van der Waals surface area contributed by atoms with Gasteiger partial charge in [0.2, 0.25) is 0 Å². The second kappa shape index (κ2) is 7.68. The highest BCUT2D eigenvalue weighted by atomic mass is 15.3. The van der Waals surface area contributed by atoms with Crippen molar-refractivity contribution in [3.8, 4) is 0 Å². The molecule has 0 saturated heterocycles. The smallest absolute Gasteiger partial charge is 0.191 e. The Morgan fingerprint density at radius 3 is 2.78 bits per heavy atom. The Morgan fingerprint density at radius 2 is 2.22 bits per heavy atom. The minimum atomic E-state index is 0.625. The Bertz CT molecular complexity index is 368. The van der Waals surface area contributed by atoms with Crippen LogP contribution in [0.5, 0.6) is 0 Å². The second-order valence-electron chi connectivity index (χ2n) is 4.69. The van der Waals surface area contributed by atoms with Gasteiger partial charge in [-0.15, -0.1) is 0 Å². The lowest BCUT2D eigenvalue weighted by atomic mass is 10.1. The Kier molecular flexibility index (Phi) is 6.18. The minimum Gasteiger partial charge on any atom is -0.356 e. The van der Waals surface area contributed by atoms with Crippen LogP contribution in [0.25, 0.3) is 0 Å². The van der Waals surface area contributed by atoms with E-state index in [4.69, 9.17) is 0 Å². The Labute approximate surface area is 109 Å². The fourth-order valence-corrected chi connectivity index (χ4v) is 1.58. The molecule has 0 radical (unpaired) electrons. The lowest BCUT2D eigenvalue weighted by Gasteiger charge is -2.12. The van der Waals surface area contributed by atoms with Gasteiger partial charge in [0.05, 0.1) is 6.54 Å². The summed E-state index contributed by atoms with van der Waals surface area (Å²) in [6.45, 7) is 6.04. The van der Waals surface area contributed by atoms with Crippen molar-refractivity contribution in [1.29, 1.82) is 0 Å². The van der Waals surface area contributed by atoms with Gasteiger partial charge in [-0.1, -0.05) is 13.8 Å². The third-order valence-corrected chi connectivity index (χ3v) is 2.69. The SMILES string of the molecule is CN=C(NCCCC(C)C)NCc1ncnn1C. The summed E-state index contributed by atoms with van der Waals surface area (Å²) in [5.41, 5.74) is 0. The van der Waals surface area contributed by atoms with E-state index in [-0.39, 0.29) is 0 Å². The van der Waals surface area contributed by atoms with Crippen LogP contribution in [0.4, 0.5) is 0 Å². The van der Waals surface area contributed by atoms with Gasteiger partial charge in [-0.3, -0.25) is 9.67 Å². The van der Waals surface area contributed by atoms with Gasteiger partial charge >= 0.3 is 0 Å². The van der Waals surface area contributed by atoms with E-state index in [1.54, 1.807) is 18.1 Å². The number of nitrogens with zero attached hydrogens (tertiary/aromatic N) is 4. The number of aliphatic imine (C=N–C) groups is 1. The van der Waals surface area contributed by atoms with Crippen LogP contribution in [0.3, 0.4) is 0 Å². The monoisotopic (exact) mass is 252 g/mol. The zero-order chi connectivity index (χ0) is 13.4. The van der Waals surface area contributed by atoms with E-state index in [1.165, 1.54) is 6.42 Å². The summed E-state index contributed by atoms with van der Waals surface area (Å²) in [6.07, 6.45) is 3.94. The molecule has 0 aliphatic heterocycles. The second-order valence-corrected chi connectivity index (χ2v) is 4.69. The molecule has 0 unspecified atom stereocenters. The van der Waals surface area contributed by atoms with E-state index >= 15 is 0 Å². The molecule has 1 aromatic rings. The summed E-state index contributed by atoms with van der Waals surface area (Å²) in [7, 11) is 3.65. The van der Waals surface area contributed by atoms with E-state index in [0.29, 0.717) is 6.54 Å². The van der Waals surface area contributed by atoms with Crippen LogP contribution in [0.2, 0.25) is 0 Å². The van der Waals surface area contributed by atoms with Gasteiger partial charge in [0, 0.05) is 20.6 Å². The first-order valence-corrected chi connectivity index (χ1v) is 6.41. The van der Waals surface area contributed by atoms with E-state index in [2.05, 4.69) is 39.6 Å². The van der Waals surface area contributed by atoms with Crippen LogP contribution in [-0.2, 0) is 13.6 Å². The number of hydrogen-bond donors (Lipinski definition) is 2. The Hall–Kier alpha value is -1.59. The summed E-state index contributed by atoms with van der Waals surface area (Å²) < 4.78 is 1.75. The Morgan fingerprint density at radius 1 is 1.44 bits per heavy atom. The Balaban J connectivity index is 2.24. The van der Waals surface area contributed by atoms with Crippen molar-refractivity contribution < 1.29 is 0 Å². The average molecular weight is 252 g/mol. The van der Waals surface area contributed by atoms with Gasteiger partial charge < -0.3 is 10.6 Å². The first kappa shape index (κ1) is 14.5. The summed E-state index contributed by atoms with van der Waals surface area (Å²) in [4.78, 5) is 8.32. The number of nitrogens with one attached hydrogen (secondary N) is 2. The molecule has 0 amide bonds. The maximum absolute atomic E-state index is 4.17. The predicted octanol–water partition coefficient (Wildman–Crippen LogP) is 0.916. The topological polar surface area (TPSA) is 67.1 Å². The van der Waals surface area contributed by atoms with E-state index < -0.39 is 0 Å². The molecular formula is C12H24N6. The third-order valence-electron chi connectivity index (χ3n) is 2.69. The normalized spacial score (nSPS) is 11.9. The highest BCUT2D eigenvalue weighted by Gasteiger charge is 2.02. The lowest BCUT2D eigenvalue weighted by Crippen LogP contribution is -2.37. The number of rotatable bonds is 6. The summed E-state index contributed by atoms with van der Waals surface area (Å²) in [5, 5.41) is 10.5. The maximum Gasteiger partial charge on any atom is 0.191 e. The zero-order valence-electron chi connectivity index (χ0n) is 11.8. The van der Waals surface area contributed by atoms with Gasteiger partial charge in [0.1, 0.15) is 12.2 Å². The van der Waals surface area contributed by atoms with Gasteiger partial charge in [-0.25, -0.2) is 4.98 Å².